The SMILES string of the molecule is COc1ccc(CCNC(=O)c2cnc(NCCCN3CCCC3=O)s2)cc1. The van der Waals surface area contributed by atoms with Gasteiger partial charge in [0, 0.05) is 32.6 Å². The van der Waals surface area contributed by atoms with Crippen molar-refractivity contribution in [3.05, 3.63) is 40.9 Å². The fourth-order valence-corrected chi connectivity index (χ4v) is 3.82. The lowest BCUT2D eigenvalue weighted by atomic mass is 10.1. The quantitative estimate of drug-likeness (QED) is 0.597. The molecular weight excluding hydrogens is 376 g/mol. The maximum absolute atomic E-state index is 12.3. The van der Waals surface area contributed by atoms with Crippen LogP contribution < -0.4 is 15.4 Å². The van der Waals surface area contributed by atoms with Crippen LogP contribution in [0.1, 0.15) is 34.5 Å². The number of thiazole rings is 1. The normalized spacial score (nSPS) is 13.6. The van der Waals surface area contributed by atoms with Gasteiger partial charge in [0.2, 0.25) is 5.91 Å². The van der Waals surface area contributed by atoms with Crippen LogP contribution in [0.5, 0.6) is 5.75 Å². The minimum Gasteiger partial charge on any atom is -0.497 e. The summed E-state index contributed by atoms with van der Waals surface area (Å²) in [5, 5.41) is 6.89. The smallest absolute Gasteiger partial charge is 0.263 e. The van der Waals surface area contributed by atoms with E-state index in [1.165, 1.54) is 11.3 Å². The van der Waals surface area contributed by atoms with Crippen molar-refractivity contribution in [2.75, 3.05) is 38.6 Å². The summed E-state index contributed by atoms with van der Waals surface area (Å²) in [5.41, 5.74) is 1.14. The second-order valence-corrected chi connectivity index (χ2v) is 7.68. The number of nitrogens with zero attached hydrogens (tertiary/aromatic N) is 2. The molecule has 2 heterocycles. The Morgan fingerprint density at radius 3 is 2.82 bits per heavy atom. The Morgan fingerprint density at radius 1 is 1.29 bits per heavy atom. The first-order valence-electron chi connectivity index (χ1n) is 9.54. The van der Waals surface area contributed by atoms with E-state index in [-0.39, 0.29) is 11.8 Å². The minimum absolute atomic E-state index is 0.110. The van der Waals surface area contributed by atoms with Crippen LogP contribution in [-0.4, -0.2) is 55.0 Å². The van der Waals surface area contributed by atoms with E-state index in [1.54, 1.807) is 13.3 Å². The molecule has 2 aromatic rings. The Kier molecular flexibility index (Phi) is 7.25. The molecule has 1 saturated heterocycles. The van der Waals surface area contributed by atoms with Gasteiger partial charge >= 0.3 is 0 Å². The van der Waals surface area contributed by atoms with E-state index in [0.717, 1.165) is 55.3 Å². The number of benzene rings is 1. The molecule has 0 aliphatic carbocycles. The molecule has 0 atom stereocenters. The van der Waals surface area contributed by atoms with Gasteiger partial charge in [-0.1, -0.05) is 23.5 Å². The monoisotopic (exact) mass is 402 g/mol. The first-order valence-corrected chi connectivity index (χ1v) is 10.4. The number of hydrogen-bond donors (Lipinski definition) is 2. The third-order valence-electron chi connectivity index (χ3n) is 4.64. The fourth-order valence-electron chi connectivity index (χ4n) is 3.07. The second kappa shape index (κ2) is 10.1. The molecular formula is C20H26N4O3S. The van der Waals surface area contributed by atoms with Gasteiger partial charge in [-0.15, -0.1) is 0 Å². The van der Waals surface area contributed by atoms with E-state index >= 15 is 0 Å². The van der Waals surface area contributed by atoms with Crippen molar-refractivity contribution in [1.29, 1.82) is 0 Å². The number of hydrogen-bond acceptors (Lipinski definition) is 6. The molecule has 1 fully saturated rings. The molecule has 0 unspecified atom stereocenters. The summed E-state index contributed by atoms with van der Waals surface area (Å²) in [6.07, 6.45) is 4.87. The van der Waals surface area contributed by atoms with Crippen LogP contribution in [0, 0.1) is 0 Å². The highest BCUT2D eigenvalue weighted by molar-refractivity contribution is 7.17. The third kappa shape index (κ3) is 5.69. The zero-order valence-electron chi connectivity index (χ0n) is 16.1. The predicted octanol–water partition coefficient (Wildman–Crippen LogP) is 2.55. The molecule has 2 N–H and O–H groups in total. The lowest BCUT2D eigenvalue weighted by Crippen LogP contribution is -2.26. The van der Waals surface area contributed by atoms with Crippen molar-refractivity contribution in [1.82, 2.24) is 15.2 Å². The van der Waals surface area contributed by atoms with Gasteiger partial charge in [0.05, 0.1) is 13.3 Å². The standard InChI is InChI=1S/C20H26N4O3S/c1-27-16-7-5-15(6-8-16)9-11-21-19(26)17-14-23-20(28-17)22-10-3-13-24-12-2-4-18(24)25/h5-8,14H,2-4,9-13H2,1H3,(H,21,26)(H,22,23). The predicted molar refractivity (Wildman–Crippen MR) is 110 cm³/mol. The topological polar surface area (TPSA) is 83.6 Å². The Labute approximate surface area is 169 Å². The highest BCUT2D eigenvalue weighted by atomic mass is 32.1. The summed E-state index contributed by atoms with van der Waals surface area (Å²) in [7, 11) is 1.64. The van der Waals surface area contributed by atoms with Gasteiger partial charge in [-0.2, -0.15) is 0 Å². The average Bonchev–Trinajstić information content (AvgIpc) is 3.35. The zero-order chi connectivity index (χ0) is 19.8. The zero-order valence-corrected chi connectivity index (χ0v) is 16.9. The maximum atomic E-state index is 12.3. The third-order valence-corrected chi connectivity index (χ3v) is 5.59. The Balaban J connectivity index is 1.35. The van der Waals surface area contributed by atoms with E-state index in [4.69, 9.17) is 4.74 Å². The summed E-state index contributed by atoms with van der Waals surface area (Å²) in [6.45, 7) is 2.94. The number of ether oxygens (including phenoxy) is 1. The molecule has 1 aromatic carbocycles. The number of carbonyl (C=O) groups excluding carboxylic acids is 2. The van der Waals surface area contributed by atoms with Crippen molar-refractivity contribution in [3.8, 4) is 5.75 Å². The number of nitrogens with one attached hydrogen (secondary N) is 2. The molecule has 0 spiro atoms. The number of likely N-dealkylation sites (tertiary alicyclic amines) is 1. The summed E-state index contributed by atoms with van der Waals surface area (Å²) < 4.78 is 5.14. The summed E-state index contributed by atoms with van der Waals surface area (Å²) >= 11 is 1.34. The summed E-state index contributed by atoms with van der Waals surface area (Å²) in [4.78, 5) is 30.6. The number of aromatic nitrogens is 1. The highest BCUT2D eigenvalue weighted by Crippen LogP contribution is 2.18. The average molecular weight is 403 g/mol. The summed E-state index contributed by atoms with van der Waals surface area (Å²) in [5.74, 6) is 0.967. The van der Waals surface area contributed by atoms with Crippen LogP contribution in [-0.2, 0) is 11.2 Å². The van der Waals surface area contributed by atoms with Crippen LogP contribution in [0.15, 0.2) is 30.5 Å². The van der Waals surface area contributed by atoms with Crippen molar-refractivity contribution in [3.63, 3.8) is 0 Å². The van der Waals surface area contributed by atoms with E-state index in [1.807, 2.05) is 29.2 Å². The highest BCUT2D eigenvalue weighted by Gasteiger charge is 2.19. The van der Waals surface area contributed by atoms with Crippen molar-refractivity contribution in [2.45, 2.75) is 25.7 Å². The fraction of sp³-hybridized carbons (Fsp3) is 0.450. The molecule has 1 aromatic heterocycles. The van der Waals surface area contributed by atoms with Gasteiger partial charge < -0.3 is 20.3 Å². The van der Waals surface area contributed by atoms with Crippen LogP contribution in [0.3, 0.4) is 0 Å². The molecule has 1 aliphatic heterocycles. The van der Waals surface area contributed by atoms with Crippen LogP contribution in [0.2, 0.25) is 0 Å². The first kappa shape index (κ1) is 20.1. The van der Waals surface area contributed by atoms with Crippen molar-refractivity contribution in [2.24, 2.45) is 0 Å². The van der Waals surface area contributed by atoms with Gasteiger partial charge in [0.1, 0.15) is 10.6 Å². The molecule has 150 valence electrons. The van der Waals surface area contributed by atoms with E-state index in [0.29, 0.717) is 17.8 Å². The minimum atomic E-state index is -0.110. The molecule has 0 radical (unpaired) electrons. The van der Waals surface area contributed by atoms with Gasteiger partial charge in [-0.25, -0.2) is 4.98 Å². The lowest BCUT2D eigenvalue weighted by molar-refractivity contribution is -0.127. The van der Waals surface area contributed by atoms with Gasteiger partial charge in [-0.05, 0) is 37.0 Å². The second-order valence-electron chi connectivity index (χ2n) is 6.65. The van der Waals surface area contributed by atoms with Crippen molar-refractivity contribution >= 4 is 28.3 Å². The van der Waals surface area contributed by atoms with Gasteiger partial charge in [-0.3, -0.25) is 9.59 Å². The number of amides is 2. The first-order chi connectivity index (χ1) is 13.7. The number of carbonyl (C=O) groups is 2. The Morgan fingerprint density at radius 2 is 2.11 bits per heavy atom. The lowest BCUT2D eigenvalue weighted by Gasteiger charge is -2.14. The van der Waals surface area contributed by atoms with E-state index in [9.17, 15) is 9.59 Å². The molecule has 0 bridgehead atoms. The van der Waals surface area contributed by atoms with Crippen LogP contribution in [0.4, 0.5) is 5.13 Å². The summed E-state index contributed by atoms with van der Waals surface area (Å²) in [6, 6.07) is 7.82. The molecule has 8 heteroatoms. The number of rotatable bonds is 10. The maximum Gasteiger partial charge on any atom is 0.263 e. The molecule has 0 saturated carbocycles. The van der Waals surface area contributed by atoms with Crippen LogP contribution >= 0.6 is 11.3 Å². The molecule has 7 nitrogen and oxygen atoms in total. The van der Waals surface area contributed by atoms with E-state index in [2.05, 4.69) is 15.6 Å². The largest absolute Gasteiger partial charge is 0.497 e. The molecule has 3 rings (SSSR count). The number of anilines is 1. The van der Waals surface area contributed by atoms with Crippen molar-refractivity contribution < 1.29 is 14.3 Å². The molecule has 1 aliphatic rings. The Bertz CT molecular complexity index is 791. The molecule has 28 heavy (non-hydrogen) atoms. The van der Waals surface area contributed by atoms with E-state index < -0.39 is 0 Å². The molecule has 2 amide bonds. The van der Waals surface area contributed by atoms with Crippen LogP contribution in [0.25, 0.3) is 0 Å². The van der Waals surface area contributed by atoms with Gasteiger partial charge in [0.25, 0.3) is 5.91 Å². The number of methoxy groups -OCH3 is 1. The Hall–Kier alpha value is -2.61. The van der Waals surface area contributed by atoms with Gasteiger partial charge in [0.15, 0.2) is 5.13 Å².